The number of carbonyl (C=O) groups is 1. The SMILES string of the molecule is CNc1ccc(C(=O)NC(C)CS(C)(=O)=O)cn1. The van der Waals surface area contributed by atoms with Crippen LogP contribution in [0.5, 0.6) is 0 Å². The number of rotatable bonds is 5. The van der Waals surface area contributed by atoms with E-state index >= 15 is 0 Å². The Balaban J connectivity index is 2.64. The van der Waals surface area contributed by atoms with E-state index in [0.29, 0.717) is 11.4 Å². The normalized spacial score (nSPS) is 12.8. The summed E-state index contributed by atoms with van der Waals surface area (Å²) in [6.45, 7) is 1.65. The molecule has 1 atom stereocenters. The molecule has 0 aliphatic heterocycles. The standard InChI is InChI=1S/C11H17N3O3S/c1-8(7-18(3,16)17)14-11(15)9-4-5-10(12-2)13-6-9/h4-6,8H,7H2,1-3H3,(H,12,13)(H,14,15). The Labute approximate surface area is 107 Å². The number of aromatic nitrogens is 1. The van der Waals surface area contributed by atoms with E-state index in [2.05, 4.69) is 15.6 Å². The molecule has 0 aliphatic carbocycles. The number of hydrogen-bond donors (Lipinski definition) is 2. The second-order valence-corrected chi connectivity index (χ2v) is 6.33. The van der Waals surface area contributed by atoms with E-state index in [0.717, 1.165) is 6.26 Å². The van der Waals surface area contributed by atoms with E-state index < -0.39 is 15.9 Å². The van der Waals surface area contributed by atoms with Crippen LogP contribution in [0.15, 0.2) is 18.3 Å². The molecular weight excluding hydrogens is 254 g/mol. The molecule has 6 nitrogen and oxygen atoms in total. The molecule has 0 saturated heterocycles. The molecule has 2 N–H and O–H groups in total. The van der Waals surface area contributed by atoms with Gasteiger partial charge in [-0.3, -0.25) is 4.79 Å². The van der Waals surface area contributed by atoms with Crippen molar-refractivity contribution in [3.8, 4) is 0 Å². The average molecular weight is 271 g/mol. The number of nitrogens with zero attached hydrogens (tertiary/aromatic N) is 1. The van der Waals surface area contributed by atoms with Gasteiger partial charge in [-0.15, -0.1) is 0 Å². The molecule has 7 heteroatoms. The second-order valence-electron chi connectivity index (χ2n) is 4.15. The Bertz CT molecular complexity index is 511. The maximum absolute atomic E-state index is 11.8. The number of anilines is 1. The quantitative estimate of drug-likeness (QED) is 0.803. The Morgan fingerprint density at radius 3 is 2.56 bits per heavy atom. The van der Waals surface area contributed by atoms with Crippen LogP contribution in [-0.2, 0) is 9.84 Å². The summed E-state index contributed by atoms with van der Waals surface area (Å²) in [4.78, 5) is 15.8. The number of nitrogens with one attached hydrogen (secondary N) is 2. The average Bonchev–Trinajstić information content (AvgIpc) is 2.26. The number of pyridine rings is 1. The van der Waals surface area contributed by atoms with Gasteiger partial charge < -0.3 is 10.6 Å². The zero-order valence-corrected chi connectivity index (χ0v) is 11.4. The van der Waals surface area contributed by atoms with Crippen molar-refractivity contribution in [1.82, 2.24) is 10.3 Å². The predicted octanol–water partition coefficient (Wildman–Crippen LogP) is 0.286. The van der Waals surface area contributed by atoms with Crippen molar-refractivity contribution >= 4 is 21.6 Å². The maximum atomic E-state index is 11.8. The molecule has 1 heterocycles. The molecule has 0 spiro atoms. The molecule has 18 heavy (non-hydrogen) atoms. The molecule has 1 rings (SSSR count). The van der Waals surface area contributed by atoms with Gasteiger partial charge in [0.15, 0.2) is 0 Å². The molecule has 1 aromatic rings. The Morgan fingerprint density at radius 2 is 2.11 bits per heavy atom. The minimum atomic E-state index is -3.10. The third kappa shape index (κ3) is 4.70. The number of hydrogen-bond acceptors (Lipinski definition) is 5. The first-order valence-corrected chi connectivity index (χ1v) is 7.50. The van der Waals surface area contributed by atoms with Gasteiger partial charge in [0, 0.05) is 25.5 Å². The lowest BCUT2D eigenvalue weighted by Gasteiger charge is -2.12. The number of carbonyl (C=O) groups excluding carboxylic acids is 1. The molecular formula is C11H17N3O3S. The molecule has 0 fully saturated rings. The fourth-order valence-corrected chi connectivity index (χ4v) is 2.47. The van der Waals surface area contributed by atoms with E-state index in [-0.39, 0.29) is 11.7 Å². The van der Waals surface area contributed by atoms with Crippen LogP contribution in [0, 0.1) is 0 Å². The first-order valence-electron chi connectivity index (χ1n) is 5.44. The highest BCUT2D eigenvalue weighted by atomic mass is 32.2. The lowest BCUT2D eigenvalue weighted by Crippen LogP contribution is -2.37. The van der Waals surface area contributed by atoms with Crippen molar-refractivity contribution in [2.45, 2.75) is 13.0 Å². The zero-order chi connectivity index (χ0) is 13.8. The van der Waals surface area contributed by atoms with Crippen molar-refractivity contribution in [2.75, 3.05) is 24.4 Å². The van der Waals surface area contributed by atoms with Crippen molar-refractivity contribution in [3.63, 3.8) is 0 Å². The summed E-state index contributed by atoms with van der Waals surface area (Å²) in [5.41, 5.74) is 0.398. The van der Waals surface area contributed by atoms with E-state index in [1.54, 1.807) is 26.1 Å². The predicted molar refractivity (Wildman–Crippen MR) is 70.4 cm³/mol. The highest BCUT2D eigenvalue weighted by Crippen LogP contribution is 2.04. The van der Waals surface area contributed by atoms with Crippen LogP contribution in [-0.4, -0.2) is 44.4 Å². The molecule has 0 aliphatic rings. The highest BCUT2D eigenvalue weighted by Gasteiger charge is 2.14. The van der Waals surface area contributed by atoms with Gasteiger partial charge in [0.05, 0.1) is 11.3 Å². The van der Waals surface area contributed by atoms with Crippen LogP contribution in [0.25, 0.3) is 0 Å². The maximum Gasteiger partial charge on any atom is 0.253 e. The highest BCUT2D eigenvalue weighted by molar-refractivity contribution is 7.90. The van der Waals surface area contributed by atoms with Crippen molar-refractivity contribution in [3.05, 3.63) is 23.9 Å². The van der Waals surface area contributed by atoms with Crippen LogP contribution >= 0.6 is 0 Å². The first-order chi connectivity index (χ1) is 8.31. The van der Waals surface area contributed by atoms with Gasteiger partial charge in [0.1, 0.15) is 15.7 Å². The van der Waals surface area contributed by atoms with Gasteiger partial charge in [-0.05, 0) is 19.1 Å². The van der Waals surface area contributed by atoms with E-state index in [1.165, 1.54) is 6.20 Å². The summed E-state index contributed by atoms with van der Waals surface area (Å²) in [6, 6.07) is 2.87. The fourth-order valence-electron chi connectivity index (χ4n) is 1.48. The van der Waals surface area contributed by atoms with Crippen LogP contribution in [0.2, 0.25) is 0 Å². The summed E-state index contributed by atoms with van der Waals surface area (Å²) in [5, 5.41) is 5.45. The van der Waals surface area contributed by atoms with Gasteiger partial charge in [0.25, 0.3) is 5.91 Å². The van der Waals surface area contributed by atoms with Crippen LogP contribution in [0.3, 0.4) is 0 Å². The smallest absolute Gasteiger partial charge is 0.253 e. The Hall–Kier alpha value is -1.63. The van der Waals surface area contributed by atoms with E-state index in [9.17, 15) is 13.2 Å². The molecule has 1 unspecified atom stereocenters. The zero-order valence-electron chi connectivity index (χ0n) is 10.6. The third-order valence-electron chi connectivity index (χ3n) is 2.21. The molecule has 100 valence electrons. The molecule has 0 bridgehead atoms. The monoisotopic (exact) mass is 271 g/mol. The number of amides is 1. The largest absolute Gasteiger partial charge is 0.373 e. The third-order valence-corrected chi connectivity index (χ3v) is 3.32. The summed E-state index contributed by atoms with van der Waals surface area (Å²) < 4.78 is 22.1. The van der Waals surface area contributed by atoms with Crippen molar-refractivity contribution < 1.29 is 13.2 Å². The Morgan fingerprint density at radius 1 is 1.44 bits per heavy atom. The summed E-state index contributed by atoms with van der Waals surface area (Å²) in [5.74, 6) is 0.248. The summed E-state index contributed by atoms with van der Waals surface area (Å²) in [6.07, 6.45) is 2.58. The molecule has 0 saturated carbocycles. The van der Waals surface area contributed by atoms with Crippen LogP contribution < -0.4 is 10.6 Å². The first kappa shape index (κ1) is 14.4. The van der Waals surface area contributed by atoms with E-state index in [4.69, 9.17) is 0 Å². The van der Waals surface area contributed by atoms with Crippen LogP contribution in [0.1, 0.15) is 17.3 Å². The van der Waals surface area contributed by atoms with Crippen molar-refractivity contribution in [1.29, 1.82) is 0 Å². The molecule has 1 amide bonds. The summed E-state index contributed by atoms with van der Waals surface area (Å²) >= 11 is 0. The van der Waals surface area contributed by atoms with Crippen molar-refractivity contribution in [2.24, 2.45) is 0 Å². The molecule has 1 aromatic heterocycles. The van der Waals surface area contributed by atoms with E-state index in [1.807, 2.05) is 0 Å². The topological polar surface area (TPSA) is 88.2 Å². The molecule has 0 aromatic carbocycles. The van der Waals surface area contributed by atoms with Gasteiger partial charge >= 0.3 is 0 Å². The fraction of sp³-hybridized carbons (Fsp3) is 0.455. The summed E-state index contributed by atoms with van der Waals surface area (Å²) in [7, 11) is -1.37. The van der Waals surface area contributed by atoms with Crippen LogP contribution in [0.4, 0.5) is 5.82 Å². The van der Waals surface area contributed by atoms with Gasteiger partial charge in [-0.2, -0.15) is 0 Å². The Kier molecular flexibility index (Phi) is 4.66. The number of sulfone groups is 1. The van der Waals surface area contributed by atoms with Gasteiger partial charge in [-0.1, -0.05) is 0 Å². The van der Waals surface area contributed by atoms with Gasteiger partial charge in [0.2, 0.25) is 0 Å². The lowest BCUT2D eigenvalue weighted by molar-refractivity contribution is 0.0943. The van der Waals surface area contributed by atoms with Gasteiger partial charge in [-0.25, -0.2) is 13.4 Å². The lowest BCUT2D eigenvalue weighted by atomic mass is 10.2. The second kappa shape index (κ2) is 5.81. The minimum Gasteiger partial charge on any atom is -0.373 e. The minimum absolute atomic E-state index is 0.0826. The molecule has 0 radical (unpaired) electrons.